The zero-order valence-electron chi connectivity index (χ0n) is 35.4. The van der Waals surface area contributed by atoms with Crippen LogP contribution in [0.3, 0.4) is 0 Å². The van der Waals surface area contributed by atoms with E-state index in [-0.39, 0.29) is 17.3 Å². The minimum atomic E-state index is -5.64. The minimum absolute atomic E-state index is 0.0296. The third-order valence-electron chi connectivity index (χ3n) is 12.1. The molecule has 2 saturated heterocycles. The summed E-state index contributed by atoms with van der Waals surface area (Å²) in [4.78, 5) is 19.3. The lowest BCUT2D eigenvalue weighted by molar-refractivity contribution is 0.0981. The predicted molar refractivity (Wildman–Crippen MR) is 252 cm³/mol. The number of hydrogen-bond donors (Lipinski definition) is 3. The first-order chi connectivity index (χ1) is 30.5. The molecular weight excluding hydrogens is 924 g/mol. The quantitative estimate of drug-likeness (QED) is 0.0693. The maximum Gasteiger partial charge on any atom is 0.427 e. The van der Waals surface area contributed by atoms with Gasteiger partial charge in [-0.05, 0) is 135 Å². The Hall–Kier alpha value is -3.74. The van der Waals surface area contributed by atoms with Crippen LogP contribution in [0.25, 0.3) is 5.57 Å². The van der Waals surface area contributed by atoms with Crippen LogP contribution >= 0.6 is 35.0 Å². The third-order valence-corrected chi connectivity index (χ3v) is 17.0. The summed E-state index contributed by atoms with van der Waals surface area (Å²) in [6.45, 7) is 7.08. The molecule has 18 heteroatoms. The molecule has 4 aromatic rings. The molecule has 3 N–H and O–H groups in total. The van der Waals surface area contributed by atoms with Gasteiger partial charge in [-0.2, -0.15) is 8.78 Å². The number of amides is 1. The molecule has 1 aliphatic carbocycles. The second-order valence-electron chi connectivity index (χ2n) is 16.6. The molecular formula is C46H53Cl2F2N5O6S3. The fraction of sp³-hybridized carbons (Fsp3) is 0.413. The van der Waals surface area contributed by atoms with Gasteiger partial charge in [0.25, 0.3) is 25.8 Å². The lowest BCUT2D eigenvalue weighted by Crippen LogP contribution is -2.47. The van der Waals surface area contributed by atoms with Crippen LogP contribution < -0.4 is 14.9 Å². The van der Waals surface area contributed by atoms with Crippen molar-refractivity contribution in [2.75, 3.05) is 61.8 Å². The number of sulfone groups is 1. The molecule has 2 aliphatic heterocycles. The normalized spacial score (nSPS) is 19.8. The second kappa shape index (κ2) is 20.8. The molecule has 0 aromatic heterocycles. The predicted octanol–water partition coefficient (Wildman–Crippen LogP) is 8.59. The number of alkyl halides is 3. The Bertz CT molecular complexity index is 2510. The number of piperazine rings is 1. The van der Waals surface area contributed by atoms with Crippen LogP contribution in [0.2, 0.25) is 5.02 Å². The first kappa shape index (κ1) is 48.2. The summed E-state index contributed by atoms with van der Waals surface area (Å²) in [5, 5.41) is 14.0. The van der Waals surface area contributed by atoms with E-state index >= 15 is 0 Å². The van der Waals surface area contributed by atoms with Crippen LogP contribution in [0, 0.1) is 0 Å². The molecule has 2 fully saturated rings. The Morgan fingerprint density at radius 1 is 0.922 bits per heavy atom. The molecule has 0 spiro atoms. The molecule has 0 saturated carbocycles. The van der Waals surface area contributed by atoms with Crippen molar-refractivity contribution in [1.29, 1.82) is 0 Å². The van der Waals surface area contributed by atoms with E-state index in [2.05, 4.69) is 32.1 Å². The second-order valence-corrected chi connectivity index (χ2v) is 22.5. The molecule has 3 atom stereocenters. The van der Waals surface area contributed by atoms with Gasteiger partial charge in [-0.25, -0.2) is 21.6 Å². The number of nitrogens with zero attached hydrogens (tertiary/aromatic N) is 3. The average molecular weight is 977 g/mol. The number of aliphatic hydroxyl groups excluding tert-OH is 1. The summed E-state index contributed by atoms with van der Waals surface area (Å²) in [7, 11) is -10.4. The maximum absolute atomic E-state index is 14.6. The molecule has 0 radical (unpaired) electrons. The Labute approximate surface area is 389 Å². The van der Waals surface area contributed by atoms with Crippen LogP contribution in [0.15, 0.2) is 117 Å². The van der Waals surface area contributed by atoms with E-state index < -0.39 is 52.4 Å². The van der Waals surface area contributed by atoms with E-state index in [0.29, 0.717) is 37.8 Å². The lowest BCUT2D eigenvalue weighted by Gasteiger charge is -2.37. The monoisotopic (exact) mass is 975 g/mol. The molecule has 4 aromatic carbocycles. The van der Waals surface area contributed by atoms with Crippen LogP contribution in [0.4, 0.5) is 20.2 Å². The lowest BCUT2D eigenvalue weighted by atomic mass is 9.87. The molecule has 2 heterocycles. The van der Waals surface area contributed by atoms with Gasteiger partial charge in [-0.15, -0.1) is 11.8 Å². The number of thioether (sulfide) groups is 1. The topological polar surface area (TPSA) is 139 Å². The first-order valence-corrected chi connectivity index (χ1v) is 26.1. The van der Waals surface area contributed by atoms with E-state index in [9.17, 15) is 35.5 Å². The number of sulfonamides is 1. The molecule has 2 unspecified atom stereocenters. The number of allylic oxidation sites excluding steroid dienone is 1. The number of rotatable bonds is 17. The van der Waals surface area contributed by atoms with Crippen molar-refractivity contribution in [3.8, 4) is 0 Å². The zero-order chi connectivity index (χ0) is 45.6. The van der Waals surface area contributed by atoms with Crippen LogP contribution in [0.1, 0.15) is 61.4 Å². The van der Waals surface area contributed by atoms with Crippen molar-refractivity contribution < 1.29 is 35.5 Å². The largest absolute Gasteiger partial charge is 0.427 e. The third kappa shape index (κ3) is 12.0. The van der Waals surface area contributed by atoms with Crippen molar-refractivity contribution >= 4 is 77.7 Å². The standard InChI is InChI=1S/C46H53Cl2F2N5O6S3/c1-32-27-39(56)30-55(32)22-21-37(31-62-40-8-3-2-4-9-40)51-43-20-19-41(28-44(43)63(58,59)46(48,49)50)64(60,61)52-45(57)34-13-17-38(18-14-34)54-25-23-53(24-26-54)29-35-7-5-6-10-42(35)33-11-15-36(47)16-12-33/h2-4,8-9,11-20,28,32,37,39,51,56H,5-7,10,21-27,29-31H2,1H3,(H,52,57)/t32?,37-,39?/m1/s1. The Morgan fingerprint density at radius 3 is 2.27 bits per heavy atom. The number of β-amino-alcohol motifs (C(OH)–C–C–N with tert-alkyl or cyclic N) is 1. The summed E-state index contributed by atoms with van der Waals surface area (Å²) in [5.41, 5.74) is 4.74. The highest BCUT2D eigenvalue weighted by atomic mass is 35.5. The summed E-state index contributed by atoms with van der Waals surface area (Å²) in [6, 6.07) is 26.3. The highest BCUT2D eigenvalue weighted by molar-refractivity contribution is 7.99. The fourth-order valence-corrected chi connectivity index (χ4v) is 12.0. The van der Waals surface area contributed by atoms with Gasteiger partial charge in [0.15, 0.2) is 0 Å². The summed E-state index contributed by atoms with van der Waals surface area (Å²) in [5.74, 6) is -0.594. The average Bonchev–Trinajstić information content (AvgIpc) is 3.60. The summed E-state index contributed by atoms with van der Waals surface area (Å²) < 4.78 is 80.2. The number of halogens is 4. The number of nitrogens with one attached hydrogen (secondary N) is 2. The number of anilines is 2. The molecule has 344 valence electrons. The summed E-state index contributed by atoms with van der Waals surface area (Å²) in [6.07, 6.45) is 5.04. The van der Waals surface area contributed by atoms with Crippen LogP contribution in [0.5, 0.6) is 0 Å². The van der Waals surface area contributed by atoms with Crippen molar-refractivity contribution in [3.05, 3.63) is 119 Å². The van der Waals surface area contributed by atoms with E-state index in [1.165, 1.54) is 53.4 Å². The minimum Gasteiger partial charge on any atom is -0.392 e. The smallest absolute Gasteiger partial charge is 0.392 e. The van der Waals surface area contributed by atoms with Gasteiger partial charge in [0.05, 0.1) is 21.6 Å². The molecule has 11 nitrogen and oxygen atoms in total. The van der Waals surface area contributed by atoms with E-state index in [4.69, 9.17) is 23.2 Å². The number of carbonyl (C=O) groups excluding carboxylic acids is 1. The summed E-state index contributed by atoms with van der Waals surface area (Å²) >= 11 is 12.8. The molecule has 0 bridgehead atoms. The van der Waals surface area contributed by atoms with Gasteiger partial charge >= 0.3 is 4.71 Å². The number of benzene rings is 4. The van der Waals surface area contributed by atoms with E-state index in [1.807, 2.05) is 54.1 Å². The molecule has 1 amide bonds. The molecule has 7 rings (SSSR count). The highest BCUT2D eigenvalue weighted by Gasteiger charge is 2.46. The Kier molecular flexibility index (Phi) is 15.7. The highest BCUT2D eigenvalue weighted by Crippen LogP contribution is 2.39. The Morgan fingerprint density at radius 2 is 1.61 bits per heavy atom. The van der Waals surface area contributed by atoms with Gasteiger partial charge < -0.3 is 15.3 Å². The number of likely N-dealkylation sites (tertiary alicyclic amines) is 1. The Balaban J connectivity index is 1.02. The number of hydrogen-bond acceptors (Lipinski definition) is 11. The van der Waals surface area contributed by atoms with Gasteiger partial charge in [-0.1, -0.05) is 47.5 Å². The van der Waals surface area contributed by atoms with Gasteiger partial charge in [0.2, 0.25) is 0 Å². The van der Waals surface area contributed by atoms with Gasteiger partial charge in [0.1, 0.15) is 0 Å². The van der Waals surface area contributed by atoms with Gasteiger partial charge in [-0.3, -0.25) is 14.6 Å². The number of aliphatic hydroxyl groups is 1. The van der Waals surface area contributed by atoms with E-state index in [1.54, 1.807) is 12.1 Å². The van der Waals surface area contributed by atoms with Crippen LogP contribution in [-0.2, 0) is 19.9 Å². The fourth-order valence-electron chi connectivity index (χ4n) is 8.61. The van der Waals surface area contributed by atoms with E-state index in [0.717, 1.165) is 73.3 Å². The van der Waals surface area contributed by atoms with Gasteiger partial charge in [0, 0.05) is 84.8 Å². The molecule has 64 heavy (non-hydrogen) atoms. The van der Waals surface area contributed by atoms with Crippen LogP contribution in [-0.4, -0.2) is 112 Å². The first-order valence-electron chi connectivity index (χ1n) is 21.4. The maximum atomic E-state index is 14.6. The SMILES string of the molecule is CC1CC(O)CN1CC[C@H](CSc1ccccc1)Nc1ccc(S(=O)(=O)NC(=O)c2ccc(N3CCN(CC4=C(c5ccc(Cl)cc5)CCCC4)CC3)cc2)cc1S(=O)(=O)C(F)(F)Cl. The van der Waals surface area contributed by atoms with Crippen molar-refractivity contribution in [1.82, 2.24) is 14.5 Å². The number of carbonyl (C=O) groups is 1. The zero-order valence-corrected chi connectivity index (χ0v) is 39.4. The van der Waals surface area contributed by atoms with Crippen molar-refractivity contribution in [2.24, 2.45) is 0 Å². The molecule has 3 aliphatic rings. The van der Waals surface area contributed by atoms with Crippen molar-refractivity contribution in [3.63, 3.8) is 0 Å². The van der Waals surface area contributed by atoms with Crippen molar-refractivity contribution in [2.45, 2.75) is 83.0 Å².